The maximum absolute atomic E-state index is 12.8. The van der Waals surface area contributed by atoms with Crippen LogP contribution in [0.4, 0.5) is 5.69 Å². The van der Waals surface area contributed by atoms with E-state index in [0.717, 1.165) is 29.4 Å². The number of carbonyl (C=O) groups is 2. The molecule has 0 radical (unpaired) electrons. The number of hydrogen-bond donors (Lipinski definition) is 2. The van der Waals surface area contributed by atoms with Gasteiger partial charge in [-0.1, -0.05) is 25.3 Å². The van der Waals surface area contributed by atoms with Crippen molar-refractivity contribution in [3.05, 3.63) is 53.5 Å². The molecule has 0 spiro atoms. The lowest BCUT2D eigenvalue weighted by atomic mass is 9.95. The number of carbonyl (C=O) groups excluding carboxylic acids is 2. The Balaban J connectivity index is 0.00000132. The topological polar surface area (TPSA) is 97.1 Å². The number of pyridine rings is 1. The summed E-state index contributed by atoms with van der Waals surface area (Å²) in [4.78, 5) is 25.1. The third-order valence-corrected chi connectivity index (χ3v) is 5.64. The van der Waals surface area contributed by atoms with Crippen LogP contribution in [0.1, 0.15) is 73.7 Å². The number of aryl methyl sites for hydroxylation is 1. The number of fused-ring (bicyclic) bond motifs is 1. The van der Waals surface area contributed by atoms with Crippen LogP contribution in [-0.2, 0) is 10.4 Å². The summed E-state index contributed by atoms with van der Waals surface area (Å²) in [5.41, 5.74) is 2.07. The summed E-state index contributed by atoms with van der Waals surface area (Å²) < 4.78 is 2.06. The quantitative estimate of drug-likeness (QED) is 0.643. The zero-order valence-corrected chi connectivity index (χ0v) is 18.4. The van der Waals surface area contributed by atoms with Gasteiger partial charge in [0.15, 0.2) is 0 Å². The van der Waals surface area contributed by atoms with Crippen LogP contribution in [0.2, 0.25) is 0 Å². The first-order valence-corrected chi connectivity index (χ1v) is 10.6. The minimum Gasteiger partial charge on any atom is -0.386 e. The third kappa shape index (κ3) is 5.17. The van der Waals surface area contributed by atoms with Crippen LogP contribution in [0.25, 0.3) is 10.9 Å². The molecule has 164 valence electrons. The van der Waals surface area contributed by atoms with Gasteiger partial charge in [-0.2, -0.15) is 5.10 Å². The highest BCUT2D eigenvalue weighted by atomic mass is 16.3. The molecule has 1 aliphatic carbocycles. The first-order chi connectivity index (χ1) is 14.8. The summed E-state index contributed by atoms with van der Waals surface area (Å²) in [7, 11) is 0. The Labute approximate surface area is 182 Å². The zero-order valence-electron chi connectivity index (χ0n) is 18.4. The number of amides is 1. The average Bonchev–Trinajstić information content (AvgIpc) is 3.18. The maximum atomic E-state index is 12.8. The molecule has 0 bridgehead atoms. The van der Waals surface area contributed by atoms with E-state index in [0.29, 0.717) is 23.0 Å². The average molecular weight is 423 g/mol. The fourth-order valence-electron chi connectivity index (χ4n) is 4.09. The molecule has 3 aromatic rings. The van der Waals surface area contributed by atoms with E-state index in [1.165, 1.54) is 19.3 Å². The van der Waals surface area contributed by atoms with Gasteiger partial charge in [0.05, 0.1) is 17.2 Å². The van der Waals surface area contributed by atoms with Gasteiger partial charge in [0, 0.05) is 28.5 Å². The summed E-state index contributed by atoms with van der Waals surface area (Å²) in [5, 5.41) is 19.4. The molecule has 0 atom stereocenters. The van der Waals surface area contributed by atoms with Crippen LogP contribution in [-0.4, -0.2) is 32.6 Å². The molecule has 2 aromatic heterocycles. The Bertz CT molecular complexity index is 1060. The molecular formula is C24H30N4O3. The van der Waals surface area contributed by atoms with Gasteiger partial charge in [-0.3, -0.25) is 9.48 Å². The highest BCUT2D eigenvalue weighted by Crippen LogP contribution is 2.34. The molecule has 31 heavy (non-hydrogen) atoms. The highest BCUT2D eigenvalue weighted by Gasteiger charge is 2.24. The van der Waals surface area contributed by atoms with E-state index in [2.05, 4.69) is 21.2 Å². The van der Waals surface area contributed by atoms with Crippen molar-refractivity contribution in [2.45, 2.75) is 64.5 Å². The summed E-state index contributed by atoms with van der Waals surface area (Å²) in [6, 6.07) is 9.56. The minimum atomic E-state index is -1.12. The van der Waals surface area contributed by atoms with E-state index in [-0.39, 0.29) is 5.91 Å². The Hall–Kier alpha value is -3.06. The summed E-state index contributed by atoms with van der Waals surface area (Å²) in [5.74, 6) is -0.293. The Morgan fingerprint density at radius 1 is 1.19 bits per heavy atom. The van der Waals surface area contributed by atoms with E-state index in [9.17, 15) is 9.90 Å². The molecule has 1 saturated carbocycles. The van der Waals surface area contributed by atoms with Crippen LogP contribution in [0.15, 0.2) is 36.5 Å². The summed E-state index contributed by atoms with van der Waals surface area (Å²) in [6.45, 7) is 7.28. The Kier molecular flexibility index (Phi) is 6.85. The van der Waals surface area contributed by atoms with Crippen LogP contribution in [0.5, 0.6) is 0 Å². The van der Waals surface area contributed by atoms with Crippen LogP contribution in [0, 0.1) is 6.92 Å². The molecular weight excluding hydrogens is 392 g/mol. The van der Waals surface area contributed by atoms with Crippen molar-refractivity contribution in [1.82, 2.24) is 14.8 Å². The van der Waals surface area contributed by atoms with Crippen molar-refractivity contribution in [3.63, 3.8) is 0 Å². The van der Waals surface area contributed by atoms with Crippen LogP contribution >= 0.6 is 0 Å². The fraction of sp³-hybridized carbons (Fsp3) is 0.417. The van der Waals surface area contributed by atoms with Gasteiger partial charge in [-0.15, -0.1) is 0 Å². The molecule has 7 heteroatoms. The van der Waals surface area contributed by atoms with Gasteiger partial charge >= 0.3 is 0 Å². The van der Waals surface area contributed by atoms with Gasteiger partial charge in [0.25, 0.3) is 5.91 Å². The number of benzene rings is 1. The monoisotopic (exact) mass is 422 g/mol. The second kappa shape index (κ2) is 9.39. The maximum Gasteiger partial charge on any atom is 0.274 e. The lowest BCUT2D eigenvalue weighted by molar-refractivity contribution is -0.0980. The van der Waals surface area contributed by atoms with Crippen molar-refractivity contribution < 1.29 is 14.7 Å². The van der Waals surface area contributed by atoms with Crippen molar-refractivity contribution in [1.29, 1.82) is 0 Å². The molecule has 1 amide bonds. The van der Waals surface area contributed by atoms with Crippen LogP contribution in [0.3, 0.4) is 0 Å². The number of rotatable bonds is 4. The summed E-state index contributed by atoms with van der Waals surface area (Å²) >= 11 is 0. The van der Waals surface area contributed by atoms with E-state index < -0.39 is 5.60 Å². The zero-order chi connectivity index (χ0) is 22.6. The molecule has 0 aliphatic heterocycles. The number of aliphatic hydroxyl groups is 1. The largest absolute Gasteiger partial charge is 0.386 e. The number of nitrogens with zero attached hydrogens (tertiary/aromatic N) is 3. The third-order valence-electron chi connectivity index (χ3n) is 5.64. The second-order valence-electron chi connectivity index (χ2n) is 8.53. The van der Waals surface area contributed by atoms with E-state index in [1.807, 2.05) is 38.0 Å². The van der Waals surface area contributed by atoms with Crippen molar-refractivity contribution in [2.75, 3.05) is 5.32 Å². The van der Waals surface area contributed by atoms with Crippen molar-refractivity contribution >= 4 is 29.3 Å². The fourth-order valence-corrected chi connectivity index (χ4v) is 4.09. The lowest BCUT2D eigenvalue weighted by Crippen LogP contribution is -2.21. The molecule has 4 rings (SSSR count). The first-order valence-electron chi connectivity index (χ1n) is 10.6. The molecule has 1 aliphatic rings. The molecule has 0 unspecified atom stereocenters. The first kappa shape index (κ1) is 22.6. The number of aromatic nitrogens is 3. The highest BCUT2D eigenvalue weighted by molar-refractivity contribution is 6.04. The van der Waals surface area contributed by atoms with Gasteiger partial charge in [-0.25, -0.2) is 4.98 Å². The minimum absolute atomic E-state index is 0.293. The van der Waals surface area contributed by atoms with Crippen LogP contribution < -0.4 is 5.32 Å². The second-order valence-corrected chi connectivity index (χ2v) is 8.53. The normalized spacial score (nSPS) is 14.7. The van der Waals surface area contributed by atoms with E-state index >= 15 is 0 Å². The molecule has 7 nitrogen and oxygen atoms in total. The number of hydrogen-bond acceptors (Lipinski definition) is 5. The Morgan fingerprint density at radius 3 is 2.55 bits per heavy atom. The molecule has 1 fully saturated rings. The SMILES string of the molecule is C=O.Cc1cccc(C(=O)Nc2cc3cn(C4CCCCC4)nc3cc2C(C)(C)O)n1. The molecule has 2 N–H and O–H groups in total. The summed E-state index contributed by atoms with van der Waals surface area (Å²) in [6.07, 6.45) is 8.12. The molecule has 0 saturated heterocycles. The predicted molar refractivity (Wildman–Crippen MR) is 121 cm³/mol. The standard InChI is InChI=1S/C23H28N4O2.CH2O/c1-15-8-7-11-19(24-15)22(28)25-21-12-16-14-27(17-9-5-4-6-10-17)26-20(16)13-18(21)23(2,3)29;1-2/h7-8,11-14,17,29H,4-6,9-10H2,1-3H3,(H,25,28);1H2. The van der Waals surface area contributed by atoms with Gasteiger partial charge in [0.2, 0.25) is 0 Å². The molecule has 2 heterocycles. The van der Waals surface area contributed by atoms with E-state index in [1.54, 1.807) is 19.9 Å². The smallest absolute Gasteiger partial charge is 0.274 e. The lowest BCUT2D eigenvalue weighted by Gasteiger charge is -2.22. The van der Waals surface area contributed by atoms with Gasteiger partial charge in [0.1, 0.15) is 12.5 Å². The van der Waals surface area contributed by atoms with Gasteiger partial charge in [-0.05, 0) is 57.9 Å². The van der Waals surface area contributed by atoms with Gasteiger partial charge < -0.3 is 15.2 Å². The van der Waals surface area contributed by atoms with Crippen molar-refractivity contribution in [2.24, 2.45) is 0 Å². The van der Waals surface area contributed by atoms with E-state index in [4.69, 9.17) is 9.89 Å². The number of nitrogens with one attached hydrogen (secondary N) is 1. The molecule has 1 aromatic carbocycles. The van der Waals surface area contributed by atoms with Crippen molar-refractivity contribution in [3.8, 4) is 0 Å². The Morgan fingerprint density at radius 2 is 1.90 bits per heavy atom. The number of anilines is 1. The predicted octanol–water partition coefficient (Wildman–Crippen LogP) is 4.54.